The maximum Gasteiger partial charge on any atom is 0.229 e. The van der Waals surface area contributed by atoms with Crippen LogP contribution in [0.15, 0.2) is 53.1 Å². The van der Waals surface area contributed by atoms with Gasteiger partial charge in [0.25, 0.3) is 0 Å². The molecule has 1 fully saturated rings. The highest BCUT2D eigenvalue weighted by Gasteiger charge is 2.27. The molecule has 4 rings (SSSR count). The van der Waals surface area contributed by atoms with E-state index < -0.39 is 0 Å². The van der Waals surface area contributed by atoms with Gasteiger partial charge in [0.15, 0.2) is 0 Å². The zero-order chi connectivity index (χ0) is 22.5. The molecule has 0 saturated carbocycles. The lowest BCUT2D eigenvalue weighted by Gasteiger charge is -2.17. The number of methoxy groups -OCH3 is 1. The van der Waals surface area contributed by atoms with Crippen molar-refractivity contribution in [3.05, 3.63) is 60.0 Å². The number of benzene rings is 2. The summed E-state index contributed by atoms with van der Waals surface area (Å²) in [6, 6.07) is 15.5. The molecule has 1 aliphatic heterocycles. The van der Waals surface area contributed by atoms with E-state index >= 15 is 0 Å². The normalized spacial score (nSPS) is 15.9. The number of aromatic nitrogens is 2. The SMILES string of the molecule is COc1cccc(CCC(=O)N2CCC(Oc3ccc(-c4noc(C(C)C)n4)cc3)C2)c1. The zero-order valence-electron chi connectivity index (χ0n) is 18.8. The number of carbonyl (C=O) groups is 1. The van der Waals surface area contributed by atoms with E-state index in [2.05, 4.69) is 10.1 Å². The molecule has 7 nitrogen and oxygen atoms in total. The molecule has 3 aromatic rings. The van der Waals surface area contributed by atoms with Crippen molar-refractivity contribution in [1.82, 2.24) is 15.0 Å². The van der Waals surface area contributed by atoms with Gasteiger partial charge in [0.05, 0.1) is 13.7 Å². The fourth-order valence-corrected chi connectivity index (χ4v) is 3.75. The van der Waals surface area contributed by atoms with Crippen molar-refractivity contribution in [1.29, 1.82) is 0 Å². The maximum absolute atomic E-state index is 12.6. The van der Waals surface area contributed by atoms with Crippen molar-refractivity contribution in [3.63, 3.8) is 0 Å². The number of hydrogen-bond donors (Lipinski definition) is 0. The van der Waals surface area contributed by atoms with Crippen LogP contribution in [-0.2, 0) is 11.2 Å². The molecule has 7 heteroatoms. The summed E-state index contributed by atoms with van der Waals surface area (Å²) in [5.74, 6) is 3.15. The highest BCUT2D eigenvalue weighted by molar-refractivity contribution is 5.76. The molecular formula is C25H29N3O4. The standard InChI is InChI=1S/C25H29N3O4/c1-17(2)25-26-24(27-32-25)19-8-10-20(11-9-19)31-22-13-14-28(16-22)23(29)12-7-18-5-4-6-21(15-18)30-3/h4-6,8-11,15,17,22H,7,12-14,16H2,1-3H3. The third kappa shape index (κ3) is 5.28. The second-order valence-electron chi connectivity index (χ2n) is 8.36. The smallest absolute Gasteiger partial charge is 0.229 e. The molecule has 0 spiro atoms. The number of ether oxygens (including phenoxy) is 2. The van der Waals surface area contributed by atoms with Crippen molar-refractivity contribution in [2.24, 2.45) is 0 Å². The lowest BCUT2D eigenvalue weighted by molar-refractivity contribution is -0.130. The van der Waals surface area contributed by atoms with Crippen LogP contribution in [0.1, 0.15) is 44.1 Å². The number of rotatable bonds is 8. The fourth-order valence-electron chi connectivity index (χ4n) is 3.75. The van der Waals surface area contributed by atoms with Gasteiger partial charge in [0.1, 0.15) is 17.6 Å². The molecule has 1 aliphatic rings. The summed E-state index contributed by atoms with van der Waals surface area (Å²) in [6.45, 7) is 5.37. The van der Waals surface area contributed by atoms with E-state index in [-0.39, 0.29) is 17.9 Å². The Morgan fingerprint density at radius 2 is 2.00 bits per heavy atom. The largest absolute Gasteiger partial charge is 0.497 e. The first-order chi connectivity index (χ1) is 15.5. The Balaban J connectivity index is 1.27. The van der Waals surface area contributed by atoms with Crippen LogP contribution in [0.2, 0.25) is 0 Å². The first-order valence-electron chi connectivity index (χ1n) is 11.0. The topological polar surface area (TPSA) is 77.7 Å². The fraction of sp³-hybridized carbons (Fsp3) is 0.400. The van der Waals surface area contributed by atoms with Gasteiger partial charge in [-0.05, 0) is 48.4 Å². The van der Waals surface area contributed by atoms with Gasteiger partial charge in [-0.1, -0.05) is 31.1 Å². The highest BCUT2D eigenvalue weighted by atomic mass is 16.5. The summed E-state index contributed by atoms with van der Waals surface area (Å²) < 4.78 is 16.6. The van der Waals surface area contributed by atoms with Crippen LogP contribution in [0, 0.1) is 0 Å². The van der Waals surface area contributed by atoms with Gasteiger partial charge in [-0.3, -0.25) is 4.79 Å². The van der Waals surface area contributed by atoms with Gasteiger partial charge in [-0.25, -0.2) is 0 Å². The van der Waals surface area contributed by atoms with Crippen molar-refractivity contribution >= 4 is 5.91 Å². The van der Waals surface area contributed by atoms with E-state index in [0.717, 1.165) is 35.6 Å². The predicted octanol–water partition coefficient (Wildman–Crippen LogP) is 4.48. The summed E-state index contributed by atoms with van der Waals surface area (Å²) in [5, 5.41) is 4.04. The molecule has 1 saturated heterocycles. The Morgan fingerprint density at radius 3 is 2.72 bits per heavy atom. The van der Waals surface area contributed by atoms with Crippen LogP contribution >= 0.6 is 0 Å². The Bertz CT molecular complexity index is 1050. The molecule has 2 heterocycles. The van der Waals surface area contributed by atoms with E-state index in [1.807, 2.05) is 67.3 Å². The van der Waals surface area contributed by atoms with E-state index in [4.69, 9.17) is 14.0 Å². The van der Waals surface area contributed by atoms with Gasteiger partial charge in [-0.2, -0.15) is 4.98 Å². The Labute approximate surface area is 188 Å². The van der Waals surface area contributed by atoms with Crippen LogP contribution in [0.5, 0.6) is 11.5 Å². The molecule has 0 bridgehead atoms. The molecule has 0 aliphatic carbocycles. The zero-order valence-corrected chi connectivity index (χ0v) is 18.8. The van der Waals surface area contributed by atoms with Gasteiger partial charge in [-0.15, -0.1) is 0 Å². The first-order valence-corrected chi connectivity index (χ1v) is 11.0. The number of amides is 1. The number of carbonyl (C=O) groups excluding carboxylic acids is 1. The van der Waals surface area contributed by atoms with Crippen molar-refractivity contribution in [3.8, 4) is 22.9 Å². The minimum Gasteiger partial charge on any atom is -0.497 e. The Kier molecular flexibility index (Phi) is 6.73. The second kappa shape index (κ2) is 9.85. The molecule has 1 unspecified atom stereocenters. The van der Waals surface area contributed by atoms with Crippen LogP contribution in [0.25, 0.3) is 11.4 Å². The van der Waals surface area contributed by atoms with E-state index in [0.29, 0.717) is 31.1 Å². The lowest BCUT2D eigenvalue weighted by atomic mass is 10.1. The molecule has 0 radical (unpaired) electrons. The number of aryl methyl sites for hydroxylation is 1. The second-order valence-corrected chi connectivity index (χ2v) is 8.36. The van der Waals surface area contributed by atoms with Crippen molar-refractivity contribution in [2.45, 2.75) is 45.1 Å². The summed E-state index contributed by atoms with van der Waals surface area (Å²) in [5.41, 5.74) is 1.99. The Morgan fingerprint density at radius 1 is 1.19 bits per heavy atom. The monoisotopic (exact) mass is 435 g/mol. The van der Waals surface area contributed by atoms with Gasteiger partial charge in [0, 0.05) is 30.9 Å². The summed E-state index contributed by atoms with van der Waals surface area (Å²) in [6.07, 6.45) is 2.01. The third-order valence-electron chi connectivity index (χ3n) is 5.61. The highest BCUT2D eigenvalue weighted by Crippen LogP contribution is 2.24. The van der Waals surface area contributed by atoms with E-state index in [9.17, 15) is 4.79 Å². The van der Waals surface area contributed by atoms with Gasteiger partial charge in [0.2, 0.25) is 17.6 Å². The quantitative estimate of drug-likeness (QED) is 0.519. The minimum atomic E-state index is -0.000613. The van der Waals surface area contributed by atoms with Crippen LogP contribution in [-0.4, -0.2) is 47.3 Å². The summed E-state index contributed by atoms with van der Waals surface area (Å²) in [7, 11) is 1.65. The molecule has 1 amide bonds. The molecular weight excluding hydrogens is 406 g/mol. The van der Waals surface area contributed by atoms with Crippen molar-refractivity contribution in [2.75, 3.05) is 20.2 Å². The van der Waals surface area contributed by atoms with E-state index in [1.165, 1.54) is 0 Å². The molecule has 1 aromatic heterocycles. The summed E-state index contributed by atoms with van der Waals surface area (Å²) in [4.78, 5) is 19.0. The Hall–Kier alpha value is -3.35. The van der Waals surface area contributed by atoms with E-state index in [1.54, 1.807) is 7.11 Å². The molecule has 32 heavy (non-hydrogen) atoms. The van der Waals surface area contributed by atoms with Crippen LogP contribution < -0.4 is 9.47 Å². The van der Waals surface area contributed by atoms with Gasteiger partial charge < -0.3 is 18.9 Å². The van der Waals surface area contributed by atoms with Crippen LogP contribution in [0.3, 0.4) is 0 Å². The average molecular weight is 436 g/mol. The molecule has 0 N–H and O–H groups in total. The summed E-state index contributed by atoms with van der Waals surface area (Å²) >= 11 is 0. The molecule has 168 valence electrons. The first kappa shape index (κ1) is 21.9. The molecule has 1 atom stereocenters. The number of likely N-dealkylation sites (tertiary alicyclic amines) is 1. The number of hydrogen-bond acceptors (Lipinski definition) is 6. The average Bonchev–Trinajstić information content (AvgIpc) is 3.48. The van der Waals surface area contributed by atoms with Crippen molar-refractivity contribution < 1.29 is 18.8 Å². The third-order valence-corrected chi connectivity index (χ3v) is 5.61. The minimum absolute atomic E-state index is 0.000613. The predicted molar refractivity (Wildman–Crippen MR) is 121 cm³/mol. The lowest BCUT2D eigenvalue weighted by Crippen LogP contribution is -2.31. The maximum atomic E-state index is 12.6. The number of nitrogens with zero attached hydrogens (tertiary/aromatic N) is 3. The molecule has 2 aromatic carbocycles. The van der Waals surface area contributed by atoms with Crippen LogP contribution in [0.4, 0.5) is 0 Å². The van der Waals surface area contributed by atoms with Gasteiger partial charge >= 0.3 is 0 Å².